The Kier molecular flexibility index (Phi) is 3.39. The number of nitrogens with zero attached hydrogens (tertiary/aromatic N) is 1. The Balaban J connectivity index is 2.29. The molecular weight excluding hydrogens is 164 g/mol. The van der Waals surface area contributed by atoms with E-state index < -0.39 is 0 Å². The first-order valence-corrected chi connectivity index (χ1v) is 4.38. The molecule has 0 aliphatic carbocycles. The molecule has 72 valence electrons. The van der Waals surface area contributed by atoms with Crippen LogP contribution in [0.2, 0.25) is 0 Å². The van der Waals surface area contributed by atoms with Crippen molar-refractivity contribution < 1.29 is 4.84 Å². The van der Waals surface area contributed by atoms with E-state index in [0.717, 1.165) is 5.56 Å². The SMILES string of the molecule is CC(C)(C)ONCc1cccnc1. The molecular formula is C10H16N2O. The molecule has 0 bridgehead atoms. The second kappa shape index (κ2) is 4.35. The van der Waals surface area contributed by atoms with Gasteiger partial charge < -0.3 is 0 Å². The largest absolute Gasteiger partial charge is 0.296 e. The van der Waals surface area contributed by atoms with E-state index in [1.807, 2.05) is 39.1 Å². The molecule has 13 heavy (non-hydrogen) atoms. The maximum Gasteiger partial charge on any atom is 0.0813 e. The van der Waals surface area contributed by atoms with E-state index in [4.69, 9.17) is 4.84 Å². The third-order valence-corrected chi connectivity index (χ3v) is 1.38. The fourth-order valence-electron chi connectivity index (χ4n) is 0.839. The van der Waals surface area contributed by atoms with Crippen LogP contribution in [0, 0.1) is 0 Å². The van der Waals surface area contributed by atoms with Gasteiger partial charge in [0.15, 0.2) is 0 Å². The molecule has 0 saturated carbocycles. The average Bonchev–Trinajstić information content (AvgIpc) is 2.04. The topological polar surface area (TPSA) is 34.1 Å². The fraction of sp³-hybridized carbons (Fsp3) is 0.500. The van der Waals surface area contributed by atoms with E-state index in [1.54, 1.807) is 6.20 Å². The molecule has 3 nitrogen and oxygen atoms in total. The number of nitrogens with one attached hydrogen (secondary N) is 1. The maximum absolute atomic E-state index is 5.36. The minimum atomic E-state index is -0.151. The molecule has 0 saturated heterocycles. The fourth-order valence-corrected chi connectivity index (χ4v) is 0.839. The molecule has 0 spiro atoms. The first kappa shape index (κ1) is 10.2. The van der Waals surface area contributed by atoms with Crippen LogP contribution in [0.1, 0.15) is 26.3 Å². The third-order valence-electron chi connectivity index (χ3n) is 1.38. The Morgan fingerprint density at radius 3 is 2.77 bits per heavy atom. The van der Waals surface area contributed by atoms with Gasteiger partial charge in [0.2, 0.25) is 0 Å². The molecule has 1 aromatic heterocycles. The normalized spacial score (nSPS) is 11.6. The van der Waals surface area contributed by atoms with Crippen molar-refractivity contribution in [3.05, 3.63) is 30.1 Å². The number of hydrogen-bond acceptors (Lipinski definition) is 3. The van der Waals surface area contributed by atoms with Crippen LogP contribution in [0.4, 0.5) is 0 Å². The van der Waals surface area contributed by atoms with E-state index >= 15 is 0 Å². The van der Waals surface area contributed by atoms with Crippen LogP contribution < -0.4 is 5.48 Å². The van der Waals surface area contributed by atoms with Crippen molar-refractivity contribution in [2.24, 2.45) is 0 Å². The molecule has 1 aromatic rings. The molecule has 1 heterocycles. The highest BCUT2D eigenvalue weighted by Gasteiger charge is 2.09. The van der Waals surface area contributed by atoms with Crippen LogP contribution in [0.3, 0.4) is 0 Å². The van der Waals surface area contributed by atoms with Crippen LogP contribution in [0.25, 0.3) is 0 Å². The molecule has 0 aliphatic heterocycles. The number of aromatic nitrogens is 1. The summed E-state index contributed by atoms with van der Waals surface area (Å²) in [6.45, 7) is 6.70. The summed E-state index contributed by atoms with van der Waals surface area (Å²) in [6.07, 6.45) is 3.58. The molecule has 0 amide bonds. The van der Waals surface area contributed by atoms with Gasteiger partial charge in [-0.15, -0.1) is 0 Å². The van der Waals surface area contributed by atoms with E-state index in [1.165, 1.54) is 0 Å². The smallest absolute Gasteiger partial charge is 0.0813 e. The Morgan fingerprint density at radius 2 is 2.23 bits per heavy atom. The van der Waals surface area contributed by atoms with Gasteiger partial charge in [0.25, 0.3) is 0 Å². The zero-order valence-corrected chi connectivity index (χ0v) is 8.37. The first-order chi connectivity index (χ1) is 6.08. The van der Waals surface area contributed by atoms with E-state index in [9.17, 15) is 0 Å². The van der Waals surface area contributed by atoms with Gasteiger partial charge in [0.05, 0.1) is 5.60 Å². The quantitative estimate of drug-likeness (QED) is 0.721. The molecule has 1 rings (SSSR count). The third kappa shape index (κ3) is 4.60. The first-order valence-electron chi connectivity index (χ1n) is 4.38. The Labute approximate surface area is 79.1 Å². The average molecular weight is 180 g/mol. The van der Waals surface area contributed by atoms with E-state index in [2.05, 4.69) is 10.5 Å². The van der Waals surface area contributed by atoms with Gasteiger partial charge in [-0.3, -0.25) is 9.82 Å². The molecule has 0 aliphatic rings. The van der Waals surface area contributed by atoms with Crippen LogP contribution in [-0.2, 0) is 11.4 Å². The minimum Gasteiger partial charge on any atom is -0.296 e. The Bertz CT molecular complexity index is 241. The van der Waals surface area contributed by atoms with Crippen molar-refractivity contribution in [2.45, 2.75) is 32.9 Å². The predicted molar refractivity (Wildman–Crippen MR) is 51.9 cm³/mol. The summed E-state index contributed by atoms with van der Waals surface area (Å²) in [5, 5.41) is 0. The number of hydrogen-bond donors (Lipinski definition) is 1. The predicted octanol–water partition coefficient (Wildman–Crippen LogP) is 1.90. The highest BCUT2D eigenvalue weighted by atomic mass is 16.7. The summed E-state index contributed by atoms with van der Waals surface area (Å²) in [5.74, 6) is 0. The maximum atomic E-state index is 5.36. The summed E-state index contributed by atoms with van der Waals surface area (Å²) in [5.41, 5.74) is 3.87. The summed E-state index contributed by atoms with van der Waals surface area (Å²) in [7, 11) is 0. The Morgan fingerprint density at radius 1 is 1.46 bits per heavy atom. The van der Waals surface area contributed by atoms with Gasteiger partial charge in [-0.2, -0.15) is 5.48 Å². The molecule has 3 heteroatoms. The molecule has 1 N–H and O–H groups in total. The van der Waals surface area contributed by atoms with Gasteiger partial charge in [-0.1, -0.05) is 6.07 Å². The van der Waals surface area contributed by atoms with Crippen molar-refractivity contribution in [3.63, 3.8) is 0 Å². The van der Waals surface area contributed by atoms with Crippen molar-refractivity contribution in [1.29, 1.82) is 0 Å². The van der Waals surface area contributed by atoms with Gasteiger partial charge in [-0.25, -0.2) is 0 Å². The second-order valence-corrected chi connectivity index (χ2v) is 3.90. The highest BCUT2D eigenvalue weighted by Crippen LogP contribution is 2.04. The van der Waals surface area contributed by atoms with Crippen LogP contribution >= 0.6 is 0 Å². The summed E-state index contributed by atoms with van der Waals surface area (Å²) >= 11 is 0. The van der Waals surface area contributed by atoms with Gasteiger partial charge in [-0.05, 0) is 32.4 Å². The summed E-state index contributed by atoms with van der Waals surface area (Å²) < 4.78 is 0. The lowest BCUT2D eigenvalue weighted by molar-refractivity contribution is -0.0757. The number of pyridine rings is 1. The molecule has 0 radical (unpaired) electrons. The van der Waals surface area contributed by atoms with E-state index in [0.29, 0.717) is 6.54 Å². The van der Waals surface area contributed by atoms with Crippen molar-refractivity contribution in [3.8, 4) is 0 Å². The van der Waals surface area contributed by atoms with Gasteiger partial charge in [0.1, 0.15) is 0 Å². The molecule has 0 unspecified atom stereocenters. The van der Waals surface area contributed by atoms with Crippen LogP contribution in [0.5, 0.6) is 0 Å². The molecule has 0 aromatic carbocycles. The van der Waals surface area contributed by atoms with Crippen LogP contribution in [0.15, 0.2) is 24.5 Å². The number of hydroxylamine groups is 1. The zero-order valence-electron chi connectivity index (χ0n) is 8.37. The lowest BCUT2D eigenvalue weighted by atomic mass is 10.2. The van der Waals surface area contributed by atoms with Crippen LogP contribution in [-0.4, -0.2) is 10.6 Å². The molecule has 0 fully saturated rings. The summed E-state index contributed by atoms with van der Waals surface area (Å²) in [6, 6.07) is 3.92. The lowest BCUT2D eigenvalue weighted by Gasteiger charge is -2.19. The van der Waals surface area contributed by atoms with Crippen molar-refractivity contribution in [2.75, 3.05) is 0 Å². The highest BCUT2D eigenvalue weighted by molar-refractivity contribution is 5.07. The Hall–Kier alpha value is -0.930. The standard InChI is InChI=1S/C10H16N2O/c1-10(2,3)13-12-8-9-5-4-6-11-7-9/h4-7,12H,8H2,1-3H3. The van der Waals surface area contributed by atoms with Gasteiger partial charge >= 0.3 is 0 Å². The van der Waals surface area contributed by atoms with Gasteiger partial charge in [0, 0.05) is 18.9 Å². The van der Waals surface area contributed by atoms with Crippen molar-refractivity contribution in [1.82, 2.24) is 10.5 Å². The monoisotopic (exact) mass is 180 g/mol. The summed E-state index contributed by atoms with van der Waals surface area (Å²) in [4.78, 5) is 9.36. The van der Waals surface area contributed by atoms with E-state index in [-0.39, 0.29) is 5.60 Å². The molecule has 0 atom stereocenters. The second-order valence-electron chi connectivity index (χ2n) is 3.90. The minimum absolute atomic E-state index is 0.151. The van der Waals surface area contributed by atoms with Crippen molar-refractivity contribution >= 4 is 0 Å². The number of rotatable bonds is 3. The zero-order chi connectivity index (χ0) is 9.73. The lowest BCUT2D eigenvalue weighted by Crippen LogP contribution is -2.28.